The summed E-state index contributed by atoms with van der Waals surface area (Å²) in [7, 11) is 0. The van der Waals surface area contributed by atoms with Crippen molar-refractivity contribution in [3.8, 4) is 5.75 Å². The molecule has 1 fully saturated rings. The first kappa shape index (κ1) is 8.59. The Balaban J connectivity index is 1.85. The van der Waals surface area contributed by atoms with Gasteiger partial charge in [0, 0.05) is 11.5 Å². The van der Waals surface area contributed by atoms with E-state index in [-0.39, 0.29) is 0 Å². The molecule has 4 heteroatoms. The van der Waals surface area contributed by atoms with Crippen molar-refractivity contribution in [1.82, 2.24) is 10.2 Å². The smallest absolute Gasteiger partial charge is 0.153 e. The Morgan fingerprint density at radius 3 is 3.13 bits per heavy atom. The van der Waals surface area contributed by atoms with E-state index in [0.717, 1.165) is 29.2 Å². The molecule has 0 aliphatic heterocycles. The monoisotopic (exact) mass is 203 g/mol. The first-order valence-corrected chi connectivity index (χ1v) is 5.19. The summed E-state index contributed by atoms with van der Waals surface area (Å²) in [5, 5.41) is 7.77. The van der Waals surface area contributed by atoms with E-state index in [1.165, 1.54) is 12.8 Å². The summed E-state index contributed by atoms with van der Waals surface area (Å²) in [6.07, 6.45) is 2.61. The van der Waals surface area contributed by atoms with Crippen LogP contribution in [0.2, 0.25) is 0 Å². The van der Waals surface area contributed by atoms with E-state index in [9.17, 15) is 0 Å². The number of ether oxygens (including phenoxy) is 1. The molecule has 0 saturated heterocycles. The van der Waals surface area contributed by atoms with Crippen LogP contribution in [0, 0.1) is 5.92 Å². The maximum Gasteiger partial charge on any atom is 0.153 e. The number of nitrogen functional groups attached to an aromatic ring is 1. The minimum absolute atomic E-state index is 0.541. The number of aromatic amines is 1. The fraction of sp³-hybridized carbons (Fsp3) is 0.364. The number of hydrogen-bond donors (Lipinski definition) is 2. The lowest BCUT2D eigenvalue weighted by molar-refractivity contribution is 0.300. The van der Waals surface area contributed by atoms with Crippen LogP contribution >= 0.6 is 0 Å². The van der Waals surface area contributed by atoms with Crippen LogP contribution < -0.4 is 10.5 Å². The molecule has 3 rings (SSSR count). The lowest BCUT2D eigenvalue weighted by atomic mass is 10.2. The molecule has 1 aromatic carbocycles. The van der Waals surface area contributed by atoms with Crippen LogP contribution in [0.15, 0.2) is 18.2 Å². The quantitative estimate of drug-likeness (QED) is 0.801. The zero-order chi connectivity index (χ0) is 10.3. The van der Waals surface area contributed by atoms with Gasteiger partial charge in [-0.3, -0.25) is 5.10 Å². The van der Waals surface area contributed by atoms with E-state index < -0.39 is 0 Å². The molecule has 2 aromatic rings. The molecule has 1 saturated carbocycles. The van der Waals surface area contributed by atoms with E-state index in [1.807, 2.05) is 18.2 Å². The second-order valence-electron chi connectivity index (χ2n) is 4.07. The van der Waals surface area contributed by atoms with Gasteiger partial charge in [0.2, 0.25) is 0 Å². The lowest BCUT2D eigenvalue weighted by Crippen LogP contribution is -1.98. The number of nitrogens with one attached hydrogen (secondary N) is 1. The molecule has 1 heterocycles. The Bertz CT molecular complexity index is 488. The molecule has 4 nitrogen and oxygen atoms in total. The SMILES string of the molecule is Nc1n[nH]c2cc(OCC3CC3)ccc12. The van der Waals surface area contributed by atoms with E-state index in [2.05, 4.69) is 10.2 Å². The van der Waals surface area contributed by atoms with Crippen molar-refractivity contribution in [3.05, 3.63) is 18.2 Å². The highest BCUT2D eigenvalue weighted by molar-refractivity contribution is 5.89. The average Bonchev–Trinajstić information content (AvgIpc) is 3.01. The minimum Gasteiger partial charge on any atom is -0.493 e. The van der Waals surface area contributed by atoms with Crippen molar-refractivity contribution in [3.63, 3.8) is 0 Å². The largest absolute Gasteiger partial charge is 0.493 e. The van der Waals surface area contributed by atoms with Crippen molar-refractivity contribution >= 4 is 16.7 Å². The van der Waals surface area contributed by atoms with Gasteiger partial charge in [-0.2, -0.15) is 5.10 Å². The first-order valence-electron chi connectivity index (χ1n) is 5.19. The summed E-state index contributed by atoms with van der Waals surface area (Å²) in [4.78, 5) is 0. The molecule has 3 N–H and O–H groups in total. The molecule has 78 valence electrons. The fourth-order valence-corrected chi connectivity index (χ4v) is 1.61. The van der Waals surface area contributed by atoms with Crippen LogP contribution in [0.4, 0.5) is 5.82 Å². The van der Waals surface area contributed by atoms with E-state index in [0.29, 0.717) is 5.82 Å². The predicted octanol–water partition coefficient (Wildman–Crippen LogP) is 1.93. The number of fused-ring (bicyclic) bond motifs is 1. The third-order valence-electron chi connectivity index (χ3n) is 2.75. The van der Waals surface area contributed by atoms with Gasteiger partial charge in [0.05, 0.1) is 12.1 Å². The zero-order valence-corrected chi connectivity index (χ0v) is 8.36. The Kier molecular flexibility index (Phi) is 1.80. The van der Waals surface area contributed by atoms with Gasteiger partial charge in [-0.1, -0.05) is 0 Å². The van der Waals surface area contributed by atoms with Gasteiger partial charge in [0.25, 0.3) is 0 Å². The number of nitrogens with zero attached hydrogens (tertiary/aromatic N) is 1. The van der Waals surface area contributed by atoms with Crippen LogP contribution in [0.25, 0.3) is 10.9 Å². The van der Waals surface area contributed by atoms with Gasteiger partial charge in [0.1, 0.15) is 5.75 Å². The normalized spacial score (nSPS) is 15.7. The van der Waals surface area contributed by atoms with Crippen LogP contribution in [0.1, 0.15) is 12.8 Å². The number of nitrogens with two attached hydrogens (primary N) is 1. The predicted molar refractivity (Wildman–Crippen MR) is 58.7 cm³/mol. The number of aromatic nitrogens is 2. The number of H-pyrrole nitrogens is 1. The molecule has 0 radical (unpaired) electrons. The van der Waals surface area contributed by atoms with Crippen molar-refractivity contribution in [2.45, 2.75) is 12.8 Å². The van der Waals surface area contributed by atoms with Crippen LogP contribution in [0.5, 0.6) is 5.75 Å². The van der Waals surface area contributed by atoms with Crippen molar-refractivity contribution in [1.29, 1.82) is 0 Å². The number of benzene rings is 1. The molecular weight excluding hydrogens is 190 g/mol. The zero-order valence-electron chi connectivity index (χ0n) is 8.36. The summed E-state index contributed by atoms with van der Waals surface area (Å²) in [5.41, 5.74) is 6.61. The molecule has 1 aromatic heterocycles. The highest BCUT2D eigenvalue weighted by Gasteiger charge is 2.21. The lowest BCUT2D eigenvalue weighted by Gasteiger charge is -2.04. The molecule has 0 spiro atoms. The number of rotatable bonds is 3. The van der Waals surface area contributed by atoms with Crippen molar-refractivity contribution < 1.29 is 4.74 Å². The summed E-state index contributed by atoms with van der Waals surface area (Å²) in [6.45, 7) is 0.828. The second-order valence-corrected chi connectivity index (χ2v) is 4.07. The summed E-state index contributed by atoms with van der Waals surface area (Å²) < 4.78 is 5.66. The molecule has 0 atom stereocenters. The first-order chi connectivity index (χ1) is 7.33. The Morgan fingerprint density at radius 1 is 1.47 bits per heavy atom. The standard InChI is InChI=1S/C11H13N3O/c12-11-9-4-3-8(5-10(9)13-14-11)15-6-7-1-2-7/h3-5,7H,1-2,6H2,(H3,12,13,14). The molecule has 0 bridgehead atoms. The van der Waals surface area contributed by atoms with Crippen LogP contribution in [0.3, 0.4) is 0 Å². The molecule has 1 aliphatic rings. The maximum absolute atomic E-state index is 5.68. The van der Waals surface area contributed by atoms with Gasteiger partial charge in [-0.15, -0.1) is 0 Å². The van der Waals surface area contributed by atoms with Crippen molar-refractivity contribution in [2.75, 3.05) is 12.3 Å². The van der Waals surface area contributed by atoms with E-state index in [4.69, 9.17) is 10.5 Å². The van der Waals surface area contributed by atoms with E-state index in [1.54, 1.807) is 0 Å². The third kappa shape index (κ3) is 1.63. The molecular formula is C11H13N3O. The van der Waals surface area contributed by atoms with Gasteiger partial charge >= 0.3 is 0 Å². The molecule has 15 heavy (non-hydrogen) atoms. The Morgan fingerprint density at radius 2 is 2.33 bits per heavy atom. The van der Waals surface area contributed by atoms with E-state index >= 15 is 0 Å². The molecule has 0 amide bonds. The Labute approximate surface area is 87.4 Å². The van der Waals surface area contributed by atoms with Gasteiger partial charge in [-0.25, -0.2) is 0 Å². The highest BCUT2D eigenvalue weighted by atomic mass is 16.5. The van der Waals surface area contributed by atoms with Crippen LogP contribution in [-0.4, -0.2) is 16.8 Å². The van der Waals surface area contributed by atoms with Gasteiger partial charge in [-0.05, 0) is 30.9 Å². The number of hydrogen-bond acceptors (Lipinski definition) is 3. The van der Waals surface area contributed by atoms with Gasteiger partial charge in [0.15, 0.2) is 5.82 Å². The van der Waals surface area contributed by atoms with Crippen molar-refractivity contribution in [2.24, 2.45) is 5.92 Å². The topological polar surface area (TPSA) is 63.9 Å². The third-order valence-corrected chi connectivity index (χ3v) is 2.75. The second kappa shape index (κ2) is 3.15. The minimum atomic E-state index is 0.541. The molecule has 0 unspecified atom stereocenters. The number of anilines is 1. The Hall–Kier alpha value is -1.71. The molecule has 1 aliphatic carbocycles. The summed E-state index contributed by atoms with van der Waals surface area (Å²) >= 11 is 0. The average molecular weight is 203 g/mol. The maximum atomic E-state index is 5.68. The summed E-state index contributed by atoms with van der Waals surface area (Å²) in [6, 6.07) is 5.83. The highest BCUT2D eigenvalue weighted by Crippen LogP contribution is 2.30. The van der Waals surface area contributed by atoms with Crippen LogP contribution in [-0.2, 0) is 0 Å². The summed E-state index contributed by atoms with van der Waals surface area (Å²) in [5.74, 6) is 2.20. The fourth-order valence-electron chi connectivity index (χ4n) is 1.61. The van der Waals surface area contributed by atoms with Gasteiger partial charge < -0.3 is 10.5 Å².